The fourth-order valence-corrected chi connectivity index (χ4v) is 3.79. The van der Waals surface area contributed by atoms with Crippen LogP contribution in [0.1, 0.15) is 25.3 Å². The number of nitrogens with zero attached hydrogens (tertiary/aromatic N) is 4. The summed E-state index contributed by atoms with van der Waals surface area (Å²) in [6.07, 6.45) is 2.59. The monoisotopic (exact) mass is 471 g/mol. The van der Waals surface area contributed by atoms with Gasteiger partial charge < -0.3 is 15.1 Å². The Bertz CT molecular complexity index is 542. The molecule has 5 nitrogen and oxygen atoms in total. The molecule has 1 aromatic carbocycles. The van der Waals surface area contributed by atoms with Crippen molar-refractivity contribution in [1.29, 1.82) is 0 Å². The molecule has 0 aliphatic carbocycles. The molecule has 26 heavy (non-hydrogen) atoms. The van der Waals surface area contributed by atoms with Crippen LogP contribution < -0.4 is 5.32 Å². The van der Waals surface area contributed by atoms with Gasteiger partial charge in [-0.1, -0.05) is 30.3 Å². The van der Waals surface area contributed by atoms with Gasteiger partial charge in [-0.05, 0) is 38.9 Å². The molecule has 2 fully saturated rings. The Morgan fingerprint density at radius 3 is 2.46 bits per heavy atom. The molecule has 1 unspecified atom stereocenters. The van der Waals surface area contributed by atoms with Crippen LogP contribution in [0.3, 0.4) is 0 Å². The first-order valence-electron chi connectivity index (χ1n) is 9.76. The number of hydrogen-bond acceptors (Lipinski definition) is 3. The van der Waals surface area contributed by atoms with E-state index in [1.807, 2.05) is 0 Å². The molecule has 2 saturated heterocycles. The minimum Gasteiger partial charge on any atom is -0.357 e. The molecule has 0 spiro atoms. The van der Waals surface area contributed by atoms with Crippen molar-refractivity contribution in [2.24, 2.45) is 4.99 Å². The Morgan fingerprint density at radius 2 is 1.85 bits per heavy atom. The Morgan fingerprint density at radius 1 is 1.12 bits per heavy atom. The van der Waals surface area contributed by atoms with E-state index in [1.165, 1.54) is 24.9 Å². The normalized spacial score (nSPS) is 22.3. The summed E-state index contributed by atoms with van der Waals surface area (Å²) in [5, 5.41) is 3.49. The molecular formula is C20H34IN5. The zero-order valence-electron chi connectivity index (χ0n) is 16.2. The van der Waals surface area contributed by atoms with Crippen molar-refractivity contribution in [1.82, 2.24) is 20.0 Å². The van der Waals surface area contributed by atoms with Crippen LogP contribution in [0, 0.1) is 0 Å². The van der Waals surface area contributed by atoms with Crippen molar-refractivity contribution in [3.63, 3.8) is 0 Å². The smallest absolute Gasteiger partial charge is 0.194 e. The first-order valence-corrected chi connectivity index (χ1v) is 9.76. The molecule has 0 saturated carbocycles. The number of nitrogens with one attached hydrogen (secondary N) is 1. The minimum atomic E-state index is 0. The summed E-state index contributed by atoms with van der Waals surface area (Å²) in [7, 11) is 2.22. The number of rotatable bonds is 5. The average molecular weight is 471 g/mol. The fourth-order valence-electron chi connectivity index (χ4n) is 3.79. The molecule has 2 aliphatic rings. The highest BCUT2D eigenvalue weighted by Crippen LogP contribution is 2.15. The van der Waals surface area contributed by atoms with Gasteiger partial charge in [0.25, 0.3) is 0 Å². The number of piperazine rings is 1. The molecule has 2 aliphatic heterocycles. The average Bonchev–Trinajstić information content (AvgIpc) is 3.05. The van der Waals surface area contributed by atoms with Crippen LogP contribution in [0.2, 0.25) is 0 Å². The second kappa shape index (κ2) is 11.1. The van der Waals surface area contributed by atoms with E-state index in [0.29, 0.717) is 6.04 Å². The van der Waals surface area contributed by atoms with Gasteiger partial charge in [-0.3, -0.25) is 9.89 Å². The van der Waals surface area contributed by atoms with Crippen LogP contribution in [-0.2, 0) is 6.54 Å². The maximum Gasteiger partial charge on any atom is 0.194 e. The van der Waals surface area contributed by atoms with Crippen molar-refractivity contribution < 1.29 is 0 Å². The summed E-state index contributed by atoms with van der Waals surface area (Å²) < 4.78 is 0. The zero-order valence-corrected chi connectivity index (χ0v) is 18.6. The summed E-state index contributed by atoms with van der Waals surface area (Å²) in [4.78, 5) is 12.4. The van der Waals surface area contributed by atoms with Crippen LogP contribution in [0.25, 0.3) is 0 Å². The van der Waals surface area contributed by atoms with Crippen molar-refractivity contribution in [2.75, 3.05) is 52.9 Å². The first kappa shape index (κ1) is 21.4. The van der Waals surface area contributed by atoms with E-state index in [4.69, 9.17) is 4.99 Å². The molecular weight excluding hydrogens is 437 g/mol. The predicted octanol–water partition coefficient (Wildman–Crippen LogP) is 2.48. The van der Waals surface area contributed by atoms with Gasteiger partial charge in [0.2, 0.25) is 0 Å². The Kier molecular flexibility index (Phi) is 9.15. The van der Waals surface area contributed by atoms with E-state index in [9.17, 15) is 0 Å². The first-order chi connectivity index (χ1) is 12.3. The van der Waals surface area contributed by atoms with E-state index < -0.39 is 0 Å². The Balaban J connectivity index is 0.00000243. The summed E-state index contributed by atoms with van der Waals surface area (Å²) in [5.74, 6) is 1.10. The van der Waals surface area contributed by atoms with Crippen molar-refractivity contribution in [2.45, 2.75) is 32.4 Å². The van der Waals surface area contributed by atoms with E-state index >= 15 is 0 Å². The van der Waals surface area contributed by atoms with Gasteiger partial charge in [0.05, 0.1) is 6.54 Å². The zero-order chi connectivity index (χ0) is 17.5. The van der Waals surface area contributed by atoms with Gasteiger partial charge in [-0.2, -0.15) is 0 Å². The van der Waals surface area contributed by atoms with Gasteiger partial charge >= 0.3 is 0 Å². The van der Waals surface area contributed by atoms with Crippen LogP contribution in [0.5, 0.6) is 0 Å². The van der Waals surface area contributed by atoms with Crippen LogP contribution in [-0.4, -0.2) is 79.6 Å². The molecule has 0 bridgehead atoms. The van der Waals surface area contributed by atoms with Crippen LogP contribution in [0.4, 0.5) is 0 Å². The lowest BCUT2D eigenvalue weighted by Gasteiger charge is -2.36. The van der Waals surface area contributed by atoms with Crippen molar-refractivity contribution in [3.8, 4) is 0 Å². The third-order valence-corrected chi connectivity index (χ3v) is 5.38. The molecule has 3 rings (SSSR count). The van der Waals surface area contributed by atoms with Gasteiger partial charge in [-0.25, -0.2) is 0 Å². The molecule has 146 valence electrons. The molecule has 1 atom stereocenters. The molecule has 0 aromatic heterocycles. The number of halogens is 1. The minimum absolute atomic E-state index is 0. The highest BCUT2D eigenvalue weighted by Gasteiger charge is 2.22. The molecule has 1 aromatic rings. The predicted molar refractivity (Wildman–Crippen MR) is 120 cm³/mol. The number of benzene rings is 1. The van der Waals surface area contributed by atoms with Gasteiger partial charge in [-0.15, -0.1) is 24.0 Å². The maximum atomic E-state index is 4.95. The van der Waals surface area contributed by atoms with Crippen molar-refractivity contribution >= 4 is 29.9 Å². The lowest BCUT2D eigenvalue weighted by Crippen LogP contribution is -2.52. The molecule has 6 heteroatoms. The summed E-state index contributed by atoms with van der Waals surface area (Å²) in [5.41, 5.74) is 1.40. The topological polar surface area (TPSA) is 34.1 Å². The summed E-state index contributed by atoms with van der Waals surface area (Å²) >= 11 is 0. The number of aliphatic imine (C=N–C) groups is 1. The SMILES string of the molecule is CCNC(=NCC1CCCN1C)N1CCN(Cc2ccccc2)CC1.I. The largest absolute Gasteiger partial charge is 0.357 e. The second-order valence-corrected chi connectivity index (χ2v) is 7.22. The standard InChI is InChI=1S/C20H33N5.HI/c1-3-21-20(22-16-19-10-7-11-23(19)2)25-14-12-24(13-15-25)17-18-8-5-4-6-9-18;/h4-6,8-9,19H,3,7,10-17H2,1-2H3,(H,21,22);1H. The van der Waals surface area contributed by atoms with Crippen LogP contribution >= 0.6 is 24.0 Å². The highest BCUT2D eigenvalue weighted by molar-refractivity contribution is 14.0. The molecule has 0 amide bonds. The van der Waals surface area contributed by atoms with Gasteiger partial charge in [0.1, 0.15) is 0 Å². The number of likely N-dealkylation sites (tertiary alicyclic amines) is 1. The van der Waals surface area contributed by atoms with E-state index in [-0.39, 0.29) is 24.0 Å². The van der Waals surface area contributed by atoms with Crippen molar-refractivity contribution in [3.05, 3.63) is 35.9 Å². The third-order valence-electron chi connectivity index (χ3n) is 5.38. The Labute approximate surface area is 175 Å². The van der Waals surface area contributed by atoms with Gasteiger partial charge in [0, 0.05) is 45.3 Å². The number of hydrogen-bond donors (Lipinski definition) is 1. The summed E-state index contributed by atoms with van der Waals surface area (Å²) in [6, 6.07) is 11.4. The molecule has 0 radical (unpaired) electrons. The van der Waals surface area contributed by atoms with Crippen LogP contribution in [0.15, 0.2) is 35.3 Å². The lowest BCUT2D eigenvalue weighted by molar-refractivity contribution is 0.172. The lowest BCUT2D eigenvalue weighted by atomic mass is 10.2. The third kappa shape index (κ3) is 6.09. The molecule has 2 heterocycles. The van der Waals surface area contributed by atoms with E-state index in [1.54, 1.807) is 0 Å². The van der Waals surface area contributed by atoms with E-state index in [2.05, 4.69) is 64.3 Å². The maximum absolute atomic E-state index is 4.95. The van der Waals surface area contributed by atoms with Gasteiger partial charge in [0.15, 0.2) is 5.96 Å². The fraction of sp³-hybridized carbons (Fsp3) is 0.650. The highest BCUT2D eigenvalue weighted by atomic mass is 127. The quantitative estimate of drug-likeness (QED) is 0.407. The summed E-state index contributed by atoms with van der Waals surface area (Å²) in [6.45, 7) is 10.6. The molecule has 1 N–H and O–H groups in total. The number of likely N-dealkylation sites (N-methyl/N-ethyl adjacent to an activating group) is 1. The van der Waals surface area contributed by atoms with E-state index in [0.717, 1.165) is 51.8 Å². The Hall–Kier alpha value is -0.860. The second-order valence-electron chi connectivity index (χ2n) is 7.22. The number of guanidine groups is 1.